The molecule has 1 fully saturated rings. The van der Waals surface area contributed by atoms with Crippen LogP contribution >= 0.6 is 0 Å². The first kappa shape index (κ1) is 9.23. The molecular formula is C9H15NO2. The van der Waals surface area contributed by atoms with E-state index in [2.05, 4.69) is 0 Å². The summed E-state index contributed by atoms with van der Waals surface area (Å²) in [5, 5.41) is 0. The normalized spacial score (nSPS) is 18.1. The highest BCUT2D eigenvalue weighted by Crippen LogP contribution is 2.15. The third-order valence-electron chi connectivity index (χ3n) is 2.46. The van der Waals surface area contributed by atoms with Crippen LogP contribution in [0.5, 0.6) is 0 Å². The van der Waals surface area contributed by atoms with E-state index in [1.165, 1.54) is 0 Å². The second kappa shape index (κ2) is 3.70. The molecule has 0 spiro atoms. The molecule has 0 aromatic rings. The molecule has 3 heteroatoms. The van der Waals surface area contributed by atoms with Crippen LogP contribution in [-0.2, 0) is 9.59 Å². The van der Waals surface area contributed by atoms with E-state index in [1.54, 1.807) is 4.90 Å². The number of rotatable bonds is 3. The van der Waals surface area contributed by atoms with Gasteiger partial charge in [0.25, 0.3) is 5.91 Å². The van der Waals surface area contributed by atoms with E-state index in [-0.39, 0.29) is 17.7 Å². The van der Waals surface area contributed by atoms with Crippen molar-refractivity contribution in [3.05, 3.63) is 0 Å². The average Bonchev–Trinajstić information content (AvgIpc) is 2.38. The molecule has 1 heterocycles. The molecule has 1 rings (SSSR count). The second-order valence-corrected chi connectivity index (χ2v) is 3.14. The number of nitrogens with zero attached hydrogens (tertiary/aromatic N) is 1. The van der Waals surface area contributed by atoms with Gasteiger partial charge in [0.1, 0.15) is 0 Å². The first-order chi connectivity index (χ1) is 5.70. The van der Waals surface area contributed by atoms with Crippen molar-refractivity contribution in [3.63, 3.8) is 0 Å². The molecule has 1 aliphatic rings. The number of likely N-dealkylation sites (tertiary alicyclic amines) is 1. The van der Waals surface area contributed by atoms with Crippen LogP contribution in [0.3, 0.4) is 0 Å². The van der Waals surface area contributed by atoms with Crippen molar-refractivity contribution in [2.75, 3.05) is 6.54 Å². The van der Waals surface area contributed by atoms with E-state index < -0.39 is 0 Å². The molecule has 0 aliphatic carbocycles. The average molecular weight is 169 g/mol. The van der Waals surface area contributed by atoms with Gasteiger partial charge in [-0.3, -0.25) is 9.59 Å². The lowest BCUT2D eigenvalue weighted by Gasteiger charge is -2.24. The minimum absolute atomic E-state index is 0.220. The molecule has 0 aromatic heterocycles. The van der Waals surface area contributed by atoms with Gasteiger partial charge in [0.2, 0.25) is 5.78 Å². The Morgan fingerprint density at radius 2 is 1.92 bits per heavy atom. The summed E-state index contributed by atoms with van der Waals surface area (Å²) in [4.78, 5) is 23.9. The summed E-state index contributed by atoms with van der Waals surface area (Å²) in [5.41, 5.74) is 0. The topological polar surface area (TPSA) is 37.4 Å². The molecule has 0 aromatic carbocycles. The lowest BCUT2D eigenvalue weighted by atomic mass is 10.1. The Morgan fingerprint density at radius 1 is 1.33 bits per heavy atom. The van der Waals surface area contributed by atoms with Crippen molar-refractivity contribution < 1.29 is 9.59 Å². The maximum atomic E-state index is 11.2. The Labute approximate surface area is 72.7 Å². The van der Waals surface area contributed by atoms with E-state index in [9.17, 15) is 9.59 Å². The number of hydrogen-bond acceptors (Lipinski definition) is 2. The fourth-order valence-corrected chi connectivity index (χ4v) is 1.67. The standard InChI is InChI=1S/C9H15NO2/c1-3-7(4-2)10-6-5-8(11)9(10)12/h7H,3-6H2,1-2H3. The van der Waals surface area contributed by atoms with Gasteiger partial charge in [-0.2, -0.15) is 0 Å². The van der Waals surface area contributed by atoms with Gasteiger partial charge < -0.3 is 4.90 Å². The monoisotopic (exact) mass is 169 g/mol. The molecule has 0 N–H and O–H groups in total. The predicted molar refractivity (Wildman–Crippen MR) is 45.7 cm³/mol. The van der Waals surface area contributed by atoms with Crippen molar-refractivity contribution in [3.8, 4) is 0 Å². The second-order valence-electron chi connectivity index (χ2n) is 3.14. The largest absolute Gasteiger partial charge is 0.333 e. The number of Topliss-reactive ketones (excluding diaryl/α,β-unsaturated/α-hetero) is 1. The summed E-state index contributed by atoms with van der Waals surface area (Å²) in [5.74, 6) is -0.495. The molecule has 0 saturated carbocycles. The molecule has 68 valence electrons. The van der Waals surface area contributed by atoms with Crippen LogP contribution in [0.25, 0.3) is 0 Å². The third kappa shape index (κ3) is 1.49. The van der Waals surface area contributed by atoms with E-state index in [1.807, 2.05) is 13.8 Å². The van der Waals surface area contributed by atoms with Gasteiger partial charge in [-0.05, 0) is 12.8 Å². The zero-order valence-electron chi connectivity index (χ0n) is 7.67. The first-order valence-corrected chi connectivity index (χ1v) is 4.54. The highest BCUT2D eigenvalue weighted by atomic mass is 16.2. The van der Waals surface area contributed by atoms with Crippen LogP contribution in [0.2, 0.25) is 0 Å². The fourth-order valence-electron chi connectivity index (χ4n) is 1.67. The van der Waals surface area contributed by atoms with Crippen molar-refractivity contribution in [2.45, 2.75) is 39.2 Å². The van der Waals surface area contributed by atoms with Crippen LogP contribution in [0.4, 0.5) is 0 Å². The molecule has 1 amide bonds. The van der Waals surface area contributed by atoms with Gasteiger partial charge in [0, 0.05) is 19.0 Å². The molecule has 1 saturated heterocycles. The highest BCUT2D eigenvalue weighted by Gasteiger charge is 2.32. The Kier molecular flexibility index (Phi) is 2.84. The van der Waals surface area contributed by atoms with Gasteiger partial charge in [-0.1, -0.05) is 13.8 Å². The van der Waals surface area contributed by atoms with Crippen LogP contribution in [0.1, 0.15) is 33.1 Å². The van der Waals surface area contributed by atoms with Gasteiger partial charge in [-0.15, -0.1) is 0 Å². The van der Waals surface area contributed by atoms with Gasteiger partial charge in [0.05, 0.1) is 0 Å². The highest BCUT2D eigenvalue weighted by molar-refractivity contribution is 6.37. The molecule has 3 nitrogen and oxygen atoms in total. The molecule has 0 radical (unpaired) electrons. The Balaban J connectivity index is 2.63. The molecule has 12 heavy (non-hydrogen) atoms. The van der Waals surface area contributed by atoms with Crippen molar-refractivity contribution >= 4 is 11.7 Å². The van der Waals surface area contributed by atoms with Crippen molar-refractivity contribution in [1.29, 1.82) is 0 Å². The Hall–Kier alpha value is -0.860. The van der Waals surface area contributed by atoms with E-state index in [0.717, 1.165) is 12.8 Å². The number of carbonyl (C=O) groups is 2. The van der Waals surface area contributed by atoms with E-state index >= 15 is 0 Å². The summed E-state index contributed by atoms with van der Waals surface area (Å²) < 4.78 is 0. The zero-order chi connectivity index (χ0) is 9.14. The number of ketones is 1. The lowest BCUT2D eigenvalue weighted by Crippen LogP contribution is -2.36. The van der Waals surface area contributed by atoms with Crippen molar-refractivity contribution in [2.24, 2.45) is 0 Å². The third-order valence-corrected chi connectivity index (χ3v) is 2.46. The number of carbonyl (C=O) groups excluding carboxylic acids is 2. The summed E-state index contributed by atoms with van der Waals surface area (Å²) in [6.45, 7) is 4.72. The Bertz CT molecular complexity index is 197. The van der Waals surface area contributed by atoms with Gasteiger partial charge in [0.15, 0.2) is 0 Å². The van der Waals surface area contributed by atoms with Crippen LogP contribution in [-0.4, -0.2) is 29.2 Å². The molecule has 0 bridgehead atoms. The van der Waals surface area contributed by atoms with Crippen LogP contribution in [0, 0.1) is 0 Å². The molecular weight excluding hydrogens is 154 g/mol. The minimum Gasteiger partial charge on any atom is -0.333 e. The summed E-state index contributed by atoms with van der Waals surface area (Å²) in [6.07, 6.45) is 2.29. The smallest absolute Gasteiger partial charge is 0.290 e. The first-order valence-electron chi connectivity index (χ1n) is 4.54. The zero-order valence-corrected chi connectivity index (χ0v) is 7.67. The summed E-state index contributed by atoms with van der Waals surface area (Å²) in [6, 6.07) is 0.268. The number of amides is 1. The molecule has 0 unspecified atom stereocenters. The van der Waals surface area contributed by atoms with E-state index in [0.29, 0.717) is 13.0 Å². The van der Waals surface area contributed by atoms with Gasteiger partial charge in [-0.25, -0.2) is 0 Å². The SMILES string of the molecule is CCC(CC)N1CCC(=O)C1=O. The summed E-state index contributed by atoms with van der Waals surface area (Å²) >= 11 is 0. The van der Waals surface area contributed by atoms with Crippen LogP contribution in [0.15, 0.2) is 0 Å². The maximum absolute atomic E-state index is 11.2. The van der Waals surface area contributed by atoms with Gasteiger partial charge >= 0.3 is 0 Å². The maximum Gasteiger partial charge on any atom is 0.290 e. The molecule has 1 aliphatic heterocycles. The Morgan fingerprint density at radius 3 is 2.25 bits per heavy atom. The molecule has 0 atom stereocenters. The fraction of sp³-hybridized carbons (Fsp3) is 0.778. The van der Waals surface area contributed by atoms with Crippen LogP contribution < -0.4 is 0 Å². The summed E-state index contributed by atoms with van der Waals surface area (Å²) in [7, 11) is 0. The number of hydrogen-bond donors (Lipinski definition) is 0. The predicted octanol–water partition coefficient (Wildman–Crippen LogP) is 0.976. The minimum atomic E-state index is -0.274. The quantitative estimate of drug-likeness (QED) is 0.590. The van der Waals surface area contributed by atoms with E-state index in [4.69, 9.17) is 0 Å². The lowest BCUT2D eigenvalue weighted by molar-refractivity contribution is -0.141. The van der Waals surface area contributed by atoms with Crippen molar-refractivity contribution in [1.82, 2.24) is 4.90 Å².